The zero-order valence-electron chi connectivity index (χ0n) is 8.43. The molecular weight excluding hydrogens is 270 g/mol. The van der Waals surface area contributed by atoms with E-state index in [0.29, 0.717) is 15.9 Å². The van der Waals surface area contributed by atoms with Crippen molar-refractivity contribution in [3.8, 4) is 0 Å². The largest absolute Gasteiger partial charge is 0.394 e. The number of halogens is 3. The minimum Gasteiger partial charge on any atom is -0.394 e. The standard InChI is InChI=1S/C10H11Cl3N2O/c11-6-4-7(12)9(14-8(6)13)15-10(5-16)2-1-3-10/h4,16H,1-3,5H2,(H,14,15). The van der Waals surface area contributed by atoms with Crippen molar-refractivity contribution in [1.29, 1.82) is 0 Å². The lowest BCUT2D eigenvalue weighted by Crippen LogP contribution is -2.48. The van der Waals surface area contributed by atoms with Crippen LogP contribution in [0.3, 0.4) is 0 Å². The van der Waals surface area contributed by atoms with E-state index >= 15 is 0 Å². The monoisotopic (exact) mass is 280 g/mol. The second-order valence-electron chi connectivity index (χ2n) is 4.01. The number of rotatable bonds is 3. The van der Waals surface area contributed by atoms with Crippen molar-refractivity contribution in [3.63, 3.8) is 0 Å². The Bertz CT molecular complexity index is 402. The van der Waals surface area contributed by atoms with Crippen molar-refractivity contribution >= 4 is 40.6 Å². The third kappa shape index (κ3) is 2.23. The molecule has 3 nitrogen and oxygen atoms in total. The van der Waals surface area contributed by atoms with E-state index in [0.717, 1.165) is 19.3 Å². The number of nitrogens with one attached hydrogen (secondary N) is 1. The van der Waals surface area contributed by atoms with E-state index in [1.807, 2.05) is 0 Å². The fourth-order valence-corrected chi connectivity index (χ4v) is 2.25. The summed E-state index contributed by atoms with van der Waals surface area (Å²) in [5.74, 6) is 0.477. The molecule has 6 heteroatoms. The highest BCUT2D eigenvalue weighted by Gasteiger charge is 2.37. The predicted molar refractivity (Wildman–Crippen MR) is 66.6 cm³/mol. The Hall–Kier alpha value is -0.220. The van der Waals surface area contributed by atoms with Gasteiger partial charge in [-0.1, -0.05) is 34.8 Å². The first kappa shape index (κ1) is 12.2. The van der Waals surface area contributed by atoms with Crippen LogP contribution in [0.5, 0.6) is 0 Å². The molecule has 0 spiro atoms. The maximum atomic E-state index is 9.32. The highest BCUT2D eigenvalue weighted by molar-refractivity contribution is 6.42. The Morgan fingerprint density at radius 3 is 2.50 bits per heavy atom. The molecule has 0 unspecified atom stereocenters. The van der Waals surface area contributed by atoms with Gasteiger partial charge in [0.25, 0.3) is 0 Å². The molecule has 1 aromatic rings. The van der Waals surface area contributed by atoms with Crippen LogP contribution in [-0.2, 0) is 0 Å². The molecule has 0 amide bonds. The maximum absolute atomic E-state index is 9.32. The predicted octanol–water partition coefficient (Wildman–Crippen LogP) is 3.37. The van der Waals surface area contributed by atoms with Crippen molar-refractivity contribution < 1.29 is 5.11 Å². The Morgan fingerprint density at radius 1 is 1.31 bits per heavy atom. The summed E-state index contributed by atoms with van der Waals surface area (Å²) >= 11 is 17.6. The summed E-state index contributed by atoms with van der Waals surface area (Å²) < 4.78 is 0. The number of nitrogens with zero attached hydrogens (tertiary/aromatic N) is 1. The molecule has 1 aromatic heterocycles. The van der Waals surface area contributed by atoms with Crippen molar-refractivity contribution in [1.82, 2.24) is 4.98 Å². The molecule has 0 saturated heterocycles. The van der Waals surface area contributed by atoms with E-state index in [-0.39, 0.29) is 17.3 Å². The molecule has 0 aromatic carbocycles. The molecule has 0 aliphatic heterocycles. The Morgan fingerprint density at radius 2 is 2.00 bits per heavy atom. The summed E-state index contributed by atoms with van der Waals surface area (Å²) in [4.78, 5) is 4.07. The van der Waals surface area contributed by atoms with Crippen LogP contribution in [0.15, 0.2) is 6.07 Å². The minimum absolute atomic E-state index is 0.0608. The lowest BCUT2D eigenvalue weighted by molar-refractivity contribution is 0.144. The topological polar surface area (TPSA) is 45.1 Å². The van der Waals surface area contributed by atoms with E-state index in [9.17, 15) is 5.11 Å². The smallest absolute Gasteiger partial charge is 0.150 e. The molecule has 1 saturated carbocycles. The van der Waals surface area contributed by atoms with Crippen LogP contribution < -0.4 is 5.32 Å². The van der Waals surface area contributed by atoms with E-state index in [1.165, 1.54) is 0 Å². The summed E-state index contributed by atoms with van der Waals surface area (Å²) in [6.45, 7) is 0.0608. The summed E-state index contributed by atoms with van der Waals surface area (Å²) in [5.41, 5.74) is -0.298. The number of hydrogen-bond acceptors (Lipinski definition) is 3. The molecule has 0 bridgehead atoms. The van der Waals surface area contributed by atoms with Crippen LogP contribution in [0.2, 0.25) is 15.2 Å². The van der Waals surface area contributed by atoms with Crippen molar-refractivity contribution in [2.75, 3.05) is 11.9 Å². The van der Waals surface area contributed by atoms with Crippen LogP contribution in [0.4, 0.5) is 5.82 Å². The molecule has 0 radical (unpaired) electrons. The van der Waals surface area contributed by atoms with Crippen LogP contribution in [-0.4, -0.2) is 22.2 Å². The highest BCUT2D eigenvalue weighted by Crippen LogP contribution is 2.37. The zero-order valence-corrected chi connectivity index (χ0v) is 10.7. The van der Waals surface area contributed by atoms with Crippen LogP contribution >= 0.6 is 34.8 Å². The van der Waals surface area contributed by atoms with Gasteiger partial charge in [-0.25, -0.2) is 4.98 Å². The molecule has 16 heavy (non-hydrogen) atoms. The highest BCUT2D eigenvalue weighted by atomic mass is 35.5. The Balaban J connectivity index is 2.24. The Labute approximate surface area is 109 Å². The molecule has 0 atom stereocenters. The lowest BCUT2D eigenvalue weighted by Gasteiger charge is -2.41. The molecule has 1 aliphatic carbocycles. The van der Waals surface area contributed by atoms with Gasteiger partial charge in [0, 0.05) is 0 Å². The minimum atomic E-state index is -0.298. The fourth-order valence-electron chi connectivity index (χ4n) is 1.71. The van der Waals surface area contributed by atoms with Crippen LogP contribution in [0, 0.1) is 0 Å². The van der Waals surface area contributed by atoms with E-state index in [4.69, 9.17) is 34.8 Å². The van der Waals surface area contributed by atoms with Gasteiger partial charge < -0.3 is 10.4 Å². The Kier molecular flexibility index (Phi) is 3.50. The van der Waals surface area contributed by atoms with Gasteiger partial charge in [-0.15, -0.1) is 0 Å². The average molecular weight is 282 g/mol. The van der Waals surface area contributed by atoms with Gasteiger partial charge in [-0.05, 0) is 25.3 Å². The summed E-state index contributed by atoms with van der Waals surface area (Å²) in [7, 11) is 0. The number of anilines is 1. The number of hydrogen-bond donors (Lipinski definition) is 2. The molecule has 1 aliphatic rings. The molecule has 1 heterocycles. The zero-order chi connectivity index (χ0) is 11.8. The molecule has 88 valence electrons. The second kappa shape index (κ2) is 4.57. The van der Waals surface area contributed by atoms with Gasteiger partial charge in [0.2, 0.25) is 0 Å². The van der Waals surface area contributed by atoms with Gasteiger partial charge in [0.15, 0.2) is 0 Å². The van der Waals surface area contributed by atoms with Crippen molar-refractivity contribution in [2.24, 2.45) is 0 Å². The van der Waals surface area contributed by atoms with E-state index in [1.54, 1.807) is 6.07 Å². The number of aromatic nitrogens is 1. The summed E-state index contributed by atoms with van der Waals surface area (Å²) in [6.07, 6.45) is 2.90. The van der Waals surface area contributed by atoms with E-state index in [2.05, 4.69) is 10.3 Å². The van der Waals surface area contributed by atoms with Gasteiger partial charge in [-0.2, -0.15) is 0 Å². The third-order valence-corrected chi connectivity index (χ3v) is 3.84. The normalized spacial score (nSPS) is 18.0. The number of aliphatic hydroxyl groups excluding tert-OH is 1. The first-order chi connectivity index (χ1) is 7.56. The molecular formula is C10H11Cl3N2O. The van der Waals surface area contributed by atoms with Crippen molar-refractivity contribution in [2.45, 2.75) is 24.8 Å². The molecule has 2 rings (SSSR count). The van der Waals surface area contributed by atoms with Gasteiger partial charge >= 0.3 is 0 Å². The SMILES string of the molecule is OCC1(Nc2nc(Cl)c(Cl)cc2Cl)CCC1. The summed E-state index contributed by atoms with van der Waals surface area (Å²) in [5, 5.41) is 13.4. The van der Waals surface area contributed by atoms with Crippen LogP contribution in [0.1, 0.15) is 19.3 Å². The first-order valence-electron chi connectivity index (χ1n) is 4.97. The third-order valence-electron chi connectivity index (χ3n) is 2.88. The quantitative estimate of drug-likeness (QED) is 0.835. The first-order valence-corrected chi connectivity index (χ1v) is 6.10. The number of aliphatic hydroxyl groups is 1. The van der Waals surface area contributed by atoms with Gasteiger partial charge in [0.05, 0.1) is 22.2 Å². The van der Waals surface area contributed by atoms with E-state index < -0.39 is 0 Å². The molecule has 2 N–H and O–H groups in total. The fraction of sp³-hybridized carbons (Fsp3) is 0.500. The number of pyridine rings is 1. The lowest BCUT2D eigenvalue weighted by atomic mass is 9.77. The van der Waals surface area contributed by atoms with Crippen molar-refractivity contribution in [3.05, 3.63) is 21.3 Å². The molecule has 1 fully saturated rings. The summed E-state index contributed by atoms with van der Waals surface area (Å²) in [6, 6.07) is 1.55. The average Bonchev–Trinajstić information content (AvgIpc) is 2.19. The van der Waals surface area contributed by atoms with Gasteiger partial charge in [0.1, 0.15) is 11.0 Å². The second-order valence-corrected chi connectivity index (χ2v) is 5.18. The maximum Gasteiger partial charge on any atom is 0.150 e. The van der Waals surface area contributed by atoms with Crippen LogP contribution in [0.25, 0.3) is 0 Å². The van der Waals surface area contributed by atoms with Gasteiger partial charge in [-0.3, -0.25) is 0 Å².